The van der Waals surface area contributed by atoms with E-state index in [2.05, 4.69) is 11.1 Å². The highest BCUT2D eigenvalue weighted by molar-refractivity contribution is 6.42. The highest BCUT2D eigenvalue weighted by Crippen LogP contribution is 2.31. The van der Waals surface area contributed by atoms with Gasteiger partial charge in [-0.25, -0.2) is 0 Å². The lowest BCUT2D eigenvalue weighted by Crippen LogP contribution is -2.34. The Morgan fingerprint density at radius 3 is 2.62 bits per heavy atom. The lowest BCUT2D eigenvalue weighted by atomic mass is 9.98. The summed E-state index contributed by atoms with van der Waals surface area (Å²) in [5.74, 6) is -0.0409. The van der Waals surface area contributed by atoms with Crippen molar-refractivity contribution in [2.45, 2.75) is 6.42 Å². The Labute approximate surface area is 166 Å². The summed E-state index contributed by atoms with van der Waals surface area (Å²) in [7, 11) is 0. The van der Waals surface area contributed by atoms with Gasteiger partial charge in [-0.2, -0.15) is 0 Å². The molecule has 0 unspecified atom stereocenters. The smallest absolute Gasteiger partial charge is 0.254 e. The molecule has 0 radical (unpaired) electrons. The zero-order valence-corrected chi connectivity index (χ0v) is 16.0. The molecule has 2 heterocycles. The lowest BCUT2D eigenvalue weighted by Gasteiger charge is -2.26. The number of halogens is 3. The average molecular weight is 406 g/mol. The van der Waals surface area contributed by atoms with Crippen molar-refractivity contribution in [2.24, 2.45) is 0 Å². The Morgan fingerprint density at radius 1 is 1.04 bits per heavy atom. The molecule has 0 spiro atoms. The second kappa shape index (κ2) is 6.99. The third-order valence-corrected chi connectivity index (χ3v) is 5.63. The van der Waals surface area contributed by atoms with Gasteiger partial charge in [0.05, 0.1) is 10.0 Å². The second-order valence-electron chi connectivity index (χ2n) is 6.25. The molecule has 1 N–H and O–H groups in total. The summed E-state index contributed by atoms with van der Waals surface area (Å²) < 4.78 is 0. The van der Waals surface area contributed by atoms with Crippen molar-refractivity contribution < 1.29 is 4.79 Å². The number of fused-ring (bicyclic) bond motifs is 1. The Morgan fingerprint density at radius 2 is 1.88 bits per heavy atom. The van der Waals surface area contributed by atoms with Crippen molar-refractivity contribution in [1.29, 1.82) is 0 Å². The van der Waals surface area contributed by atoms with Gasteiger partial charge in [-0.3, -0.25) is 4.79 Å². The number of H-pyrrole nitrogens is 1. The molecule has 1 aliphatic heterocycles. The fraction of sp³-hybridized carbons (Fsp3) is 0.150. The van der Waals surface area contributed by atoms with Gasteiger partial charge in [0.2, 0.25) is 0 Å². The summed E-state index contributed by atoms with van der Waals surface area (Å²) in [6, 6.07) is 10.8. The number of carbonyl (C=O) groups is 1. The van der Waals surface area contributed by atoms with Gasteiger partial charge in [-0.05, 0) is 48.4 Å². The minimum absolute atomic E-state index is 0.0409. The van der Waals surface area contributed by atoms with Crippen LogP contribution in [-0.2, 0) is 0 Å². The Kier molecular flexibility index (Phi) is 4.70. The van der Waals surface area contributed by atoms with Crippen LogP contribution >= 0.6 is 34.8 Å². The average Bonchev–Trinajstić information content (AvgIpc) is 3.06. The number of nitrogens with zero attached hydrogens (tertiary/aromatic N) is 1. The van der Waals surface area contributed by atoms with Crippen molar-refractivity contribution >= 4 is 57.2 Å². The molecular weight excluding hydrogens is 391 g/mol. The summed E-state index contributed by atoms with van der Waals surface area (Å²) in [5, 5.41) is 2.66. The number of amides is 1. The first-order chi connectivity index (χ1) is 12.5. The molecule has 1 aromatic heterocycles. The van der Waals surface area contributed by atoms with E-state index in [4.69, 9.17) is 34.8 Å². The quantitative estimate of drug-likeness (QED) is 0.553. The lowest BCUT2D eigenvalue weighted by molar-refractivity contribution is 0.0773. The summed E-state index contributed by atoms with van der Waals surface area (Å²) in [5.41, 5.74) is 3.97. The fourth-order valence-electron chi connectivity index (χ4n) is 3.27. The van der Waals surface area contributed by atoms with Crippen LogP contribution in [0.5, 0.6) is 0 Å². The van der Waals surface area contributed by atoms with Crippen LogP contribution in [0.2, 0.25) is 15.1 Å². The zero-order chi connectivity index (χ0) is 18.3. The maximum absolute atomic E-state index is 12.7. The minimum atomic E-state index is -0.0409. The maximum Gasteiger partial charge on any atom is 0.254 e. The first kappa shape index (κ1) is 17.5. The van der Waals surface area contributed by atoms with E-state index in [0.717, 1.165) is 22.9 Å². The van der Waals surface area contributed by atoms with Gasteiger partial charge in [0.1, 0.15) is 0 Å². The molecule has 0 bridgehead atoms. The highest BCUT2D eigenvalue weighted by atomic mass is 35.5. The third kappa shape index (κ3) is 3.23. The number of carbonyl (C=O) groups excluding carboxylic acids is 1. The molecule has 1 amide bonds. The number of benzene rings is 2. The van der Waals surface area contributed by atoms with E-state index in [0.29, 0.717) is 33.7 Å². The summed E-state index contributed by atoms with van der Waals surface area (Å²) >= 11 is 18.1. The van der Waals surface area contributed by atoms with E-state index >= 15 is 0 Å². The van der Waals surface area contributed by atoms with Crippen LogP contribution in [0.3, 0.4) is 0 Å². The Bertz CT molecular complexity index is 1040. The van der Waals surface area contributed by atoms with Gasteiger partial charge >= 0.3 is 0 Å². The summed E-state index contributed by atoms with van der Waals surface area (Å²) in [4.78, 5) is 17.8. The Hall–Kier alpha value is -1.94. The molecule has 0 fully saturated rings. The molecule has 3 nitrogen and oxygen atoms in total. The summed E-state index contributed by atoms with van der Waals surface area (Å²) in [6.45, 7) is 1.21. The second-order valence-corrected chi connectivity index (χ2v) is 7.50. The third-order valence-electron chi connectivity index (χ3n) is 4.65. The SMILES string of the molecule is O=C(c1ccc(Cl)c(Cl)c1)N1CC=C(c2c[nH]c3ccc(Cl)cc23)CC1. The molecule has 0 aliphatic carbocycles. The topological polar surface area (TPSA) is 36.1 Å². The van der Waals surface area contributed by atoms with Crippen LogP contribution in [0.15, 0.2) is 48.7 Å². The van der Waals surface area contributed by atoms with Gasteiger partial charge in [-0.15, -0.1) is 0 Å². The zero-order valence-electron chi connectivity index (χ0n) is 13.7. The number of hydrogen-bond acceptors (Lipinski definition) is 1. The van der Waals surface area contributed by atoms with Crippen LogP contribution in [0.1, 0.15) is 22.3 Å². The van der Waals surface area contributed by atoms with Gasteiger partial charge in [-0.1, -0.05) is 40.9 Å². The number of nitrogens with one attached hydrogen (secondary N) is 1. The number of rotatable bonds is 2. The van der Waals surface area contributed by atoms with Crippen molar-refractivity contribution in [3.63, 3.8) is 0 Å². The van der Waals surface area contributed by atoms with E-state index in [1.165, 1.54) is 5.57 Å². The largest absolute Gasteiger partial charge is 0.361 e. The van der Waals surface area contributed by atoms with E-state index in [-0.39, 0.29) is 5.91 Å². The van der Waals surface area contributed by atoms with E-state index < -0.39 is 0 Å². The molecular formula is C20H15Cl3N2O. The van der Waals surface area contributed by atoms with Gasteiger partial charge in [0.15, 0.2) is 0 Å². The standard InChI is InChI=1S/C20H15Cl3N2O/c21-14-2-4-19-15(10-14)16(11-24-19)12-5-7-25(8-6-12)20(26)13-1-3-17(22)18(23)9-13/h1-5,9-11,24H,6-8H2. The minimum Gasteiger partial charge on any atom is -0.361 e. The van der Waals surface area contributed by atoms with Crippen molar-refractivity contribution in [2.75, 3.05) is 13.1 Å². The molecule has 2 aromatic carbocycles. The molecule has 0 saturated heterocycles. The predicted molar refractivity (Wildman–Crippen MR) is 108 cm³/mol. The monoisotopic (exact) mass is 404 g/mol. The first-order valence-electron chi connectivity index (χ1n) is 8.23. The predicted octanol–water partition coefficient (Wildman–Crippen LogP) is 6.06. The van der Waals surface area contributed by atoms with E-state index in [1.807, 2.05) is 29.3 Å². The Balaban J connectivity index is 1.56. The molecule has 132 valence electrons. The van der Waals surface area contributed by atoms with Crippen LogP contribution in [-0.4, -0.2) is 28.9 Å². The van der Waals surface area contributed by atoms with Crippen molar-refractivity contribution in [3.8, 4) is 0 Å². The molecule has 3 aromatic rings. The fourth-order valence-corrected chi connectivity index (χ4v) is 3.74. The normalized spacial score (nSPS) is 14.6. The van der Waals surface area contributed by atoms with Crippen molar-refractivity contribution in [1.82, 2.24) is 9.88 Å². The molecule has 26 heavy (non-hydrogen) atoms. The van der Waals surface area contributed by atoms with Crippen LogP contribution in [0.4, 0.5) is 0 Å². The first-order valence-corrected chi connectivity index (χ1v) is 9.36. The summed E-state index contributed by atoms with van der Waals surface area (Å²) in [6.07, 6.45) is 4.89. The van der Waals surface area contributed by atoms with E-state index in [9.17, 15) is 4.79 Å². The maximum atomic E-state index is 12.7. The molecule has 4 rings (SSSR count). The number of aromatic nitrogens is 1. The highest BCUT2D eigenvalue weighted by Gasteiger charge is 2.21. The molecule has 1 aliphatic rings. The van der Waals surface area contributed by atoms with Crippen LogP contribution < -0.4 is 0 Å². The molecule has 0 atom stereocenters. The van der Waals surface area contributed by atoms with Crippen molar-refractivity contribution in [3.05, 3.63) is 74.9 Å². The number of hydrogen-bond donors (Lipinski definition) is 1. The van der Waals surface area contributed by atoms with Gasteiger partial charge in [0.25, 0.3) is 5.91 Å². The van der Waals surface area contributed by atoms with Gasteiger partial charge in [0, 0.05) is 46.3 Å². The van der Waals surface area contributed by atoms with Gasteiger partial charge < -0.3 is 9.88 Å². The van der Waals surface area contributed by atoms with Crippen LogP contribution in [0.25, 0.3) is 16.5 Å². The number of aromatic amines is 1. The molecule has 0 saturated carbocycles. The van der Waals surface area contributed by atoms with E-state index in [1.54, 1.807) is 18.2 Å². The van der Waals surface area contributed by atoms with Crippen LogP contribution in [0, 0.1) is 0 Å². The molecule has 6 heteroatoms.